The van der Waals surface area contributed by atoms with Gasteiger partial charge in [0.2, 0.25) is 5.91 Å². The maximum atomic E-state index is 12.0. The summed E-state index contributed by atoms with van der Waals surface area (Å²) < 4.78 is 0. The molecule has 0 radical (unpaired) electrons. The zero-order valence-corrected chi connectivity index (χ0v) is 13.3. The summed E-state index contributed by atoms with van der Waals surface area (Å²) >= 11 is 0. The van der Waals surface area contributed by atoms with E-state index in [1.807, 2.05) is 0 Å². The van der Waals surface area contributed by atoms with Crippen LogP contribution >= 0.6 is 0 Å². The molecular weight excluding hydrogens is 260 g/mol. The van der Waals surface area contributed by atoms with Crippen molar-refractivity contribution in [3.05, 3.63) is 35.4 Å². The van der Waals surface area contributed by atoms with Crippen LogP contribution in [0.3, 0.4) is 0 Å². The largest absolute Gasteiger partial charge is 0.349 e. The predicted octanol–water partition coefficient (Wildman–Crippen LogP) is 3.19. The van der Waals surface area contributed by atoms with Crippen LogP contribution < -0.4 is 11.1 Å². The van der Waals surface area contributed by atoms with E-state index in [1.165, 1.54) is 24.0 Å². The molecule has 0 saturated heterocycles. The highest BCUT2D eigenvalue weighted by Gasteiger charge is 2.33. The second kappa shape index (κ2) is 7.60. The van der Waals surface area contributed by atoms with Gasteiger partial charge in [-0.05, 0) is 55.2 Å². The SMILES string of the molecule is CC(C)Cc1ccc(C(NC(=O)CCCN)C2CC2)cc1. The normalized spacial score (nSPS) is 16.0. The molecular formula is C18H28N2O. The first-order chi connectivity index (χ1) is 10.1. The summed E-state index contributed by atoms with van der Waals surface area (Å²) in [5.74, 6) is 1.41. The van der Waals surface area contributed by atoms with Crippen molar-refractivity contribution in [2.45, 2.75) is 52.0 Å². The van der Waals surface area contributed by atoms with Crippen molar-refractivity contribution in [1.29, 1.82) is 0 Å². The molecule has 0 bridgehead atoms. The zero-order valence-electron chi connectivity index (χ0n) is 13.3. The fourth-order valence-corrected chi connectivity index (χ4v) is 2.74. The molecule has 1 aliphatic rings. The van der Waals surface area contributed by atoms with Crippen molar-refractivity contribution in [2.75, 3.05) is 6.54 Å². The molecule has 21 heavy (non-hydrogen) atoms. The Morgan fingerprint density at radius 1 is 1.29 bits per heavy atom. The quantitative estimate of drug-likeness (QED) is 0.772. The number of carbonyl (C=O) groups is 1. The van der Waals surface area contributed by atoms with E-state index in [1.54, 1.807) is 0 Å². The molecule has 1 atom stereocenters. The fourth-order valence-electron chi connectivity index (χ4n) is 2.74. The van der Waals surface area contributed by atoms with Gasteiger partial charge < -0.3 is 11.1 Å². The van der Waals surface area contributed by atoms with Crippen molar-refractivity contribution >= 4 is 5.91 Å². The number of carbonyl (C=O) groups excluding carboxylic acids is 1. The highest BCUT2D eigenvalue weighted by atomic mass is 16.1. The molecule has 1 aromatic carbocycles. The zero-order chi connectivity index (χ0) is 15.2. The number of nitrogens with one attached hydrogen (secondary N) is 1. The molecule has 1 amide bonds. The van der Waals surface area contributed by atoms with Crippen LogP contribution in [0.4, 0.5) is 0 Å². The second-order valence-corrected chi connectivity index (χ2v) is 6.61. The van der Waals surface area contributed by atoms with E-state index >= 15 is 0 Å². The summed E-state index contributed by atoms with van der Waals surface area (Å²) in [6.45, 7) is 5.04. The summed E-state index contributed by atoms with van der Waals surface area (Å²) in [4.78, 5) is 12.0. The lowest BCUT2D eigenvalue weighted by Gasteiger charge is -2.19. The van der Waals surface area contributed by atoms with E-state index in [0.717, 1.165) is 12.8 Å². The summed E-state index contributed by atoms with van der Waals surface area (Å²) in [7, 11) is 0. The molecule has 0 heterocycles. The van der Waals surface area contributed by atoms with Crippen molar-refractivity contribution < 1.29 is 4.79 Å². The van der Waals surface area contributed by atoms with Gasteiger partial charge in [0, 0.05) is 6.42 Å². The summed E-state index contributed by atoms with van der Waals surface area (Å²) in [5.41, 5.74) is 8.08. The van der Waals surface area contributed by atoms with Crippen LogP contribution in [-0.2, 0) is 11.2 Å². The Bertz CT molecular complexity index is 449. The van der Waals surface area contributed by atoms with E-state index in [-0.39, 0.29) is 11.9 Å². The van der Waals surface area contributed by atoms with E-state index in [2.05, 4.69) is 43.4 Å². The molecule has 0 aliphatic heterocycles. The third-order valence-corrected chi connectivity index (χ3v) is 4.00. The second-order valence-electron chi connectivity index (χ2n) is 6.61. The standard InChI is InChI=1S/C18H28N2O/c1-13(2)12-14-5-7-15(8-6-14)18(16-9-10-16)20-17(21)4-3-11-19/h5-8,13,16,18H,3-4,9-12,19H2,1-2H3,(H,20,21). The van der Waals surface area contributed by atoms with E-state index < -0.39 is 0 Å². The van der Waals surface area contributed by atoms with Gasteiger partial charge in [-0.1, -0.05) is 38.1 Å². The Morgan fingerprint density at radius 2 is 1.95 bits per heavy atom. The van der Waals surface area contributed by atoms with Crippen LogP contribution in [0.1, 0.15) is 56.7 Å². The molecule has 0 spiro atoms. The van der Waals surface area contributed by atoms with Crippen LogP contribution in [0.25, 0.3) is 0 Å². The average molecular weight is 288 g/mol. The fraction of sp³-hybridized carbons (Fsp3) is 0.611. The third kappa shape index (κ3) is 5.16. The first-order valence-corrected chi connectivity index (χ1v) is 8.18. The Hall–Kier alpha value is -1.35. The molecule has 1 unspecified atom stereocenters. The van der Waals surface area contributed by atoms with Gasteiger partial charge in [0.05, 0.1) is 6.04 Å². The van der Waals surface area contributed by atoms with E-state index in [4.69, 9.17) is 5.73 Å². The highest BCUT2D eigenvalue weighted by Crippen LogP contribution is 2.41. The lowest BCUT2D eigenvalue weighted by atomic mass is 9.97. The monoisotopic (exact) mass is 288 g/mol. The molecule has 1 saturated carbocycles. The van der Waals surface area contributed by atoms with Crippen LogP contribution in [-0.4, -0.2) is 12.5 Å². The van der Waals surface area contributed by atoms with Gasteiger partial charge in [-0.2, -0.15) is 0 Å². The Kier molecular flexibility index (Phi) is 5.80. The van der Waals surface area contributed by atoms with Crippen molar-refractivity contribution in [3.63, 3.8) is 0 Å². The van der Waals surface area contributed by atoms with Gasteiger partial charge in [0.15, 0.2) is 0 Å². The predicted molar refractivity (Wildman–Crippen MR) is 86.9 cm³/mol. The number of amides is 1. The van der Waals surface area contributed by atoms with Gasteiger partial charge in [-0.15, -0.1) is 0 Å². The van der Waals surface area contributed by atoms with E-state index in [9.17, 15) is 4.79 Å². The van der Waals surface area contributed by atoms with Gasteiger partial charge in [-0.25, -0.2) is 0 Å². The summed E-state index contributed by atoms with van der Waals surface area (Å²) in [6.07, 6.45) is 4.84. The number of nitrogens with two attached hydrogens (primary N) is 1. The van der Waals surface area contributed by atoms with Crippen LogP contribution in [0, 0.1) is 11.8 Å². The maximum Gasteiger partial charge on any atom is 0.220 e. The molecule has 2 rings (SSSR count). The van der Waals surface area contributed by atoms with Crippen LogP contribution in [0.15, 0.2) is 24.3 Å². The van der Waals surface area contributed by atoms with Crippen molar-refractivity contribution in [2.24, 2.45) is 17.6 Å². The topological polar surface area (TPSA) is 55.1 Å². The van der Waals surface area contributed by atoms with E-state index in [0.29, 0.717) is 24.8 Å². The lowest BCUT2D eigenvalue weighted by Crippen LogP contribution is -2.30. The first-order valence-electron chi connectivity index (χ1n) is 8.18. The minimum atomic E-state index is 0.128. The number of rotatable bonds is 8. The van der Waals surface area contributed by atoms with Gasteiger partial charge in [0.25, 0.3) is 0 Å². The third-order valence-electron chi connectivity index (χ3n) is 4.00. The Labute approximate surface area is 128 Å². The minimum Gasteiger partial charge on any atom is -0.349 e. The number of benzene rings is 1. The van der Waals surface area contributed by atoms with Gasteiger partial charge >= 0.3 is 0 Å². The molecule has 3 heteroatoms. The molecule has 1 fully saturated rings. The summed E-state index contributed by atoms with van der Waals surface area (Å²) in [6, 6.07) is 8.96. The smallest absolute Gasteiger partial charge is 0.220 e. The average Bonchev–Trinajstić information content (AvgIpc) is 3.27. The van der Waals surface area contributed by atoms with Gasteiger partial charge in [-0.3, -0.25) is 4.79 Å². The Balaban J connectivity index is 1.99. The number of hydrogen-bond donors (Lipinski definition) is 2. The molecule has 3 N–H and O–H groups in total. The molecule has 0 aromatic heterocycles. The molecule has 1 aliphatic carbocycles. The minimum absolute atomic E-state index is 0.128. The van der Waals surface area contributed by atoms with Gasteiger partial charge in [0.1, 0.15) is 0 Å². The highest BCUT2D eigenvalue weighted by molar-refractivity contribution is 5.76. The summed E-state index contributed by atoms with van der Waals surface area (Å²) in [5, 5.41) is 3.20. The van der Waals surface area contributed by atoms with Crippen molar-refractivity contribution in [3.8, 4) is 0 Å². The van der Waals surface area contributed by atoms with Crippen LogP contribution in [0.2, 0.25) is 0 Å². The molecule has 116 valence electrons. The Morgan fingerprint density at radius 3 is 2.48 bits per heavy atom. The van der Waals surface area contributed by atoms with Crippen LogP contribution in [0.5, 0.6) is 0 Å². The molecule has 3 nitrogen and oxygen atoms in total. The maximum absolute atomic E-state index is 12.0. The first kappa shape index (κ1) is 16.0. The van der Waals surface area contributed by atoms with Crippen molar-refractivity contribution in [1.82, 2.24) is 5.32 Å². The number of hydrogen-bond acceptors (Lipinski definition) is 2. The lowest BCUT2D eigenvalue weighted by molar-refractivity contribution is -0.122. The molecule has 1 aromatic rings.